The Morgan fingerprint density at radius 2 is 1.38 bits per heavy atom. The van der Waals surface area contributed by atoms with Crippen LogP contribution in [0.25, 0.3) is 0 Å². The van der Waals surface area contributed by atoms with Gasteiger partial charge in [-0.15, -0.1) is 11.6 Å². The zero-order valence-electron chi connectivity index (χ0n) is 7.71. The SMILES string of the molecule is O=S(=O)(O)CCCCCCCCCl. The van der Waals surface area contributed by atoms with Crippen molar-refractivity contribution in [2.75, 3.05) is 11.6 Å². The highest BCUT2D eigenvalue weighted by Gasteiger charge is 2.02. The summed E-state index contributed by atoms with van der Waals surface area (Å²) in [6, 6.07) is 0. The molecule has 1 N–H and O–H groups in total. The lowest BCUT2D eigenvalue weighted by Crippen LogP contribution is -2.03. The minimum absolute atomic E-state index is 0.109. The molecule has 0 aliphatic carbocycles. The maximum absolute atomic E-state index is 10.3. The van der Waals surface area contributed by atoms with Crippen LogP contribution in [-0.2, 0) is 10.1 Å². The zero-order chi connectivity index (χ0) is 10.2. The highest BCUT2D eigenvalue weighted by molar-refractivity contribution is 7.85. The van der Waals surface area contributed by atoms with Gasteiger partial charge in [-0.05, 0) is 12.8 Å². The third kappa shape index (κ3) is 12.2. The average Bonchev–Trinajstić information content (AvgIpc) is 2.01. The summed E-state index contributed by atoms with van der Waals surface area (Å²) in [7, 11) is -3.74. The summed E-state index contributed by atoms with van der Waals surface area (Å²) >= 11 is 5.49. The molecule has 0 rings (SSSR count). The molecule has 0 heterocycles. The van der Waals surface area contributed by atoms with Crippen molar-refractivity contribution in [3.63, 3.8) is 0 Å². The van der Waals surface area contributed by atoms with E-state index in [0.29, 0.717) is 12.3 Å². The molecular weight excluding hydrogens is 212 g/mol. The Morgan fingerprint density at radius 3 is 1.85 bits per heavy atom. The lowest BCUT2D eigenvalue weighted by atomic mass is 10.1. The number of rotatable bonds is 8. The molecule has 0 radical (unpaired) electrons. The number of halogens is 1. The molecule has 13 heavy (non-hydrogen) atoms. The Hall–Kier alpha value is 0.200. The van der Waals surface area contributed by atoms with Crippen molar-refractivity contribution in [1.82, 2.24) is 0 Å². The van der Waals surface area contributed by atoms with Crippen molar-refractivity contribution in [2.45, 2.75) is 38.5 Å². The summed E-state index contributed by atoms with van der Waals surface area (Å²) in [6.07, 6.45) is 5.67. The third-order valence-electron chi connectivity index (χ3n) is 1.79. The van der Waals surface area contributed by atoms with Crippen LogP contribution in [0, 0.1) is 0 Å². The van der Waals surface area contributed by atoms with Crippen LogP contribution in [-0.4, -0.2) is 24.6 Å². The summed E-state index contributed by atoms with van der Waals surface area (Å²) in [4.78, 5) is 0. The monoisotopic (exact) mass is 228 g/mol. The first kappa shape index (κ1) is 13.2. The molecule has 5 heteroatoms. The standard InChI is InChI=1S/C8H17ClO3S/c9-7-5-3-1-2-4-6-8-13(10,11)12/h1-8H2,(H,10,11,12). The van der Waals surface area contributed by atoms with E-state index in [2.05, 4.69) is 0 Å². The molecular formula is C8H17ClO3S. The molecule has 0 atom stereocenters. The van der Waals surface area contributed by atoms with Gasteiger partial charge in [0.1, 0.15) is 0 Å². The molecule has 0 aliphatic heterocycles. The van der Waals surface area contributed by atoms with Crippen LogP contribution >= 0.6 is 11.6 Å². The number of unbranched alkanes of at least 4 members (excludes halogenated alkanes) is 5. The molecule has 0 aromatic rings. The second-order valence-corrected chi connectivity index (χ2v) is 5.05. The second-order valence-electron chi connectivity index (χ2n) is 3.10. The van der Waals surface area contributed by atoms with Crippen LogP contribution in [0.4, 0.5) is 0 Å². The Labute approximate surface area is 85.2 Å². The molecule has 3 nitrogen and oxygen atoms in total. The molecule has 0 spiro atoms. The van der Waals surface area contributed by atoms with E-state index in [1.54, 1.807) is 0 Å². The smallest absolute Gasteiger partial charge is 0.264 e. The summed E-state index contributed by atoms with van der Waals surface area (Å²) in [5.41, 5.74) is 0. The molecule has 80 valence electrons. The first-order valence-electron chi connectivity index (χ1n) is 4.57. The van der Waals surface area contributed by atoms with Gasteiger partial charge in [0.2, 0.25) is 0 Å². The summed E-state index contributed by atoms with van der Waals surface area (Å²) in [5, 5.41) is 0. The van der Waals surface area contributed by atoms with Crippen LogP contribution in [0.5, 0.6) is 0 Å². The lowest BCUT2D eigenvalue weighted by molar-refractivity contribution is 0.478. The lowest BCUT2D eigenvalue weighted by Gasteiger charge is -1.99. The number of hydrogen-bond donors (Lipinski definition) is 1. The van der Waals surface area contributed by atoms with Gasteiger partial charge >= 0.3 is 0 Å². The predicted octanol–water partition coefficient (Wildman–Crippen LogP) is 2.45. The molecule has 0 saturated carbocycles. The first-order chi connectivity index (χ1) is 6.06. The zero-order valence-corrected chi connectivity index (χ0v) is 9.28. The van der Waals surface area contributed by atoms with E-state index in [4.69, 9.17) is 16.2 Å². The topological polar surface area (TPSA) is 54.4 Å². The average molecular weight is 229 g/mol. The fraction of sp³-hybridized carbons (Fsp3) is 1.00. The molecule has 0 unspecified atom stereocenters. The van der Waals surface area contributed by atoms with Crippen molar-refractivity contribution >= 4 is 21.7 Å². The van der Waals surface area contributed by atoms with E-state index in [1.165, 1.54) is 0 Å². The van der Waals surface area contributed by atoms with Gasteiger partial charge in [-0.1, -0.05) is 25.7 Å². The molecule has 0 bridgehead atoms. The van der Waals surface area contributed by atoms with Crippen molar-refractivity contribution in [3.8, 4) is 0 Å². The van der Waals surface area contributed by atoms with Gasteiger partial charge in [0.05, 0.1) is 5.75 Å². The third-order valence-corrected chi connectivity index (χ3v) is 2.86. The van der Waals surface area contributed by atoms with Crippen molar-refractivity contribution < 1.29 is 13.0 Å². The largest absolute Gasteiger partial charge is 0.286 e. The molecule has 0 saturated heterocycles. The van der Waals surface area contributed by atoms with Crippen LogP contribution in [0.1, 0.15) is 38.5 Å². The quantitative estimate of drug-likeness (QED) is 0.395. The van der Waals surface area contributed by atoms with E-state index in [-0.39, 0.29) is 5.75 Å². The van der Waals surface area contributed by atoms with Gasteiger partial charge in [0.25, 0.3) is 10.1 Å². The van der Waals surface area contributed by atoms with E-state index < -0.39 is 10.1 Å². The van der Waals surface area contributed by atoms with Gasteiger partial charge in [-0.3, -0.25) is 4.55 Å². The molecule has 0 aromatic carbocycles. The Balaban J connectivity index is 3.09. The van der Waals surface area contributed by atoms with Crippen LogP contribution in [0.15, 0.2) is 0 Å². The van der Waals surface area contributed by atoms with E-state index in [1.807, 2.05) is 0 Å². The summed E-state index contributed by atoms with van der Waals surface area (Å²) in [5.74, 6) is 0.591. The van der Waals surface area contributed by atoms with Crippen LogP contribution in [0.2, 0.25) is 0 Å². The van der Waals surface area contributed by atoms with Gasteiger partial charge in [0, 0.05) is 5.88 Å². The van der Waals surface area contributed by atoms with Gasteiger partial charge in [-0.2, -0.15) is 8.42 Å². The number of hydrogen-bond acceptors (Lipinski definition) is 2. The van der Waals surface area contributed by atoms with Gasteiger partial charge in [-0.25, -0.2) is 0 Å². The first-order valence-corrected chi connectivity index (χ1v) is 6.72. The van der Waals surface area contributed by atoms with Gasteiger partial charge in [0.15, 0.2) is 0 Å². The normalized spacial score (nSPS) is 11.8. The summed E-state index contributed by atoms with van der Waals surface area (Å²) in [6.45, 7) is 0. The molecule has 0 fully saturated rings. The number of alkyl halides is 1. The maximum Gasteiger partial charge on any atom is 0.264 e. The molecule has 0 amide bonds. The van der Waals surface area contributed by atoms with Crippen molar-refractivity contribution in [3.05, 3.63) is 0 Å². The minimum atomic E-state index is -3.74. The fourth-order valence-corrected chi connectivity index (χ4v) is 1.84. The van der Waals surface area contributed by atoms with Crippen LogP contribution in [0.3, 0.4) is 0 Å². The molecule has 0 aliphatic rings. The van der Waals surface area contributed by atoms with E-state index in [9.17, 15) is 8.42 Å². The fourth-order valence-electron chi connectivity index (χ4n) is 1.09. The second kappa shape index (κ2) is 7.59. The van der Waals surface area contributed by atoms with Crippen molar-refractivity contribution in [1.29, 1.82) is 0 Å². The van der Waals surface area contributed by atoms with Gasteiger partial charge < -0.3 is 0 Å². The van der Waals surface area contributed by atoms with Crippen LogP contribution < -0.4 is 0 Å². The maximum atomic E-state index is 10.3. The summed E-state index contributed by atoms with van der Waals surface area (Å²) < 4.78 is 29.0. The highest BCUT2D eigenvalue weighted by atomic mass is 35.5. The molecule has 0 aromatic heterocycles. The highest BCUT2D eigenvalue weighted by Crippen LogP contribution is 2.06. The van der Waals surface area contributed by atoms with E-state index in [0.717, 1.165) is 32.1 Å². The van der Waals surface area contributed by atoms with Crippen molar-refractivity contribution in [2.24, 2.45) is 0 Å². The van der Waals surface area contributed by atoms with E-state index >= 15 is 0 Å². The Bertz CT molecular complexity index is 201. The minimum Gasteiger partial charge on any atom is -0.286 e. The predicted molar refractivity (Wildman–Crippen MR) is 54.8 cm³/mol. The Morgan fingerprint density at radius 1 is 0.923 bits per heavy atom. The Kier molecular flexibility index (Phi) is 7.71.